The summed E-state index contributed by atoms with van der Waals surface area (Å²) in [7, 11) is -3.58. The Kier molecular flexibility index (Phi) is 5.81. The molecule has 0 atom stereocenters. The molecule has 1 aromatic heterocycles. The normalized spacial score (nSPS) is 11.4. The highest BCUT2D eigenvalue weighted by atomic mass is 32.2. The molecule has 0 amide bonds. The smallest absolute Gasteiger partial charge is 0.270 e. The van der Waals surface area contributed by atoms with Crippen molar-refractivity contribution in [2.45, 2.75) is 21.9 Å². The molecule has 0 saturated heterocycles. The van der Waals surface area contributed by atoms with Crippen molar-refractivity contribution >= 4 is 27.3 Å². The van der Waals surface area contributed by atoms with Crippen LogP contribution in [0.15, 0.2) is 87.7 Å². The van der Waals surface area contributed by atoms with Gasteiger partial charge >= 0.3 is 0 Å². The van der Waals surface area contributed by atoms with Crippen molar-refractivity contribution in [3.8, 4) is 17.1 Å². The first kappa shape index (κ1) is 21.7. The molecule has 0 unspecified atom stereocenters. The molecule has 0 N–H and O–H groups in total. The summed E-state index contributed by atoms with van der Waals surface area (Å²) >= 11 is 1.06. The molecule has 1 heterocycles. The first-order chi connectivity index (χ1) is 15.2. The molecule has 4 aromatic rings. The number of sulfone groups is 1. The Morgan fingerprint density at radius 3 is 2.38 bits per heavy atom. The molecule has 4 rings (SSSR count). The zero-order valence-corrected chi connectivity index (χ0v) is 18.8. The molecule has 0 spiro atoms. The van der Waals surface area contributed by atoms with Gasteiger partial charge in [0.25, 0.3) is 5.69 Å². The van der Waals surface area contributed by atoms with Crippen molar-refractivity contribution in [2.24, 2.45) is 0 Å². The molecule has 162 valence electrons. The Bertz CT molecular complexity index is 1420. The molecule has 8 nitrogen and oxygen atoms in total. The minimum absolute atomic E-state index is 0.112. The predicted octanol–water partition coefficient (Wildman–Crippen LogP) is 4.71. The highest BCUT2D eigenvalue weighted by Gasteiger charge is 2.23. The highest BCUT2D eigenvalue weighted by molar-refractivity contribution is 7.99. The van der Waals surface area contributed by atoms with Crippen LogP contribution >= 0.6 is 11.8 Å². The number of hydrogen-bond acceptors (Lipinski definition) is 7. The summed E-state index contributed by atoms with van der Waals surface area (Å²) in [6.07, 6.45) is 1.01. The van der Waals surface area contributed by atoms with Gasteiger partial charge in [0, 0.05) is 17.9 Å². The lowest BCUT2D eigenvalue weighted by atomic mass is 10.2. The van der Waals surface area contributed by atoms with E-state index in [1.54, 1.807) is 0 Å². The Balaban J connectivity index is 1.87. The second-order valence-corrected chi connectivity index (χ2v) is 10.1. The third-order valence-electron chi connectivity index (χ3n) is 4.68. The van der Waals surface area contributed by atoms with Crippen molar-refractivity contribution in [1.82, 2.24) is 14.8 Å². The Morgan fingerprint density at radius 2 is 1.72 bits per heavy atom. The van der Waals surface area contributed by atoms with Crippen LogP contribution in [0.5, 0.6) is 0 Å². The summed E-state index contributed by atoms with van der Waals surface area (Å²) < 4.78 is 25.5. The second-order valence-electron chi connectivity index (χ2n) is 7.11. The molecule has 0 aliphatic rings. The minimum Gasteiger partial charge on any atom is -0.270 e. The number of aryl methyl sites for hydroxylation is 1. The monoisotopic (exact) mass is 466 g/mol. The van der Waals surface area contributed by atoms with Gasteiger partial charge in [0.2, 0.25) is 5.16 Å². The maximum absolute atomic E-state index is 11.9. The quantitative estimate of drug-likeness (QED) is 0.299. The van der Waals surface area contributed by atoms with Crippen LogP contribution in [0.25, 0.3) is 17.1 Å². The summed E-state index contributed by atoms with van der Waals surface area (Å²) in [4.78, 5) is 11.2. The zero-order chi connectivity index (χ0) is 22.9. The Morgan fingerprint density at radius 1 is 0.969 bits per heavy atom. The number of benzene rings is 3. The van der Waals surface area contributed by atoms with E-state index in [4.69, 9.17) is 0 Å². The van der Waals surface area contributed by atoms with Crippen LogP contribution in [0.2, 0.25) is 0 Å². The lowest BCUT2D eigenvalue weighted by Crippen LogP contribution is -2.02. The molecule has 10 heteroatoms. The summed E-state index contributed by atoms with van der Waals surface area (Å²) in [6.45, 7) is 1.97. The van der Waals surface area contributed by atoms with Crippen molar-refractivity contribution in [2.75, 3.05) is 6.26 Å². The van der Waals surface area contributed by atoms with Gasteiger partial charge in [-0.1, -0.05) is 42.5 Å². The minimum atomic E-state index is -3.58. The number of nitro benzene ring substituents is 1. The van der Waals surface area contributed by atoms with Crippen LogP contribution in [-0.2, 0) is 9.84 Å². The highest BCUT2D eigenvalue weighted by Crippen LogP contribution is 2.38. The molecule has 0 saturated carbocycles. The van der Waals surface area contributed by atoms with E-state index in [9.17, 15) is 18.5 Å². The van der Waals surface area contributed by atoms with E-state index in [1.807, 2.05) is 66.1 Å². The predicted molar refractivity (Wildman–Crippen MR) is 122 cm³/mol. The number of rotatable bonds is 6. The van der Waals surface area contributed by atoms with Gasteiger partial charge in [-0.3, -0.25) is 14.7 Å². The topological polar surface area (TPSA) is 108 Å². The van der Waals surface area contributed by atoms with Crippen LogP contribution in [0.4, 0.5) is 5.69 Å². The van der Waals surface area contributed by atoms with Crippen molar-refractivity contribution < 1.29 is 13.3 Å². The average molecular weight is 467 g/mol. The molecule has 0 fully saturated rings. The van der Waals surface area contributed by atoms with Gasteiger partial charge in [0.15, 0.2) is 15.7 Å². The summed E-state index contributed by atoms with van der Waals surface area (Å²) in [6, 6.07) is 21.1. The summed E-state index contributed by atoms with van der Waals surface area (Å²) in [5.41, 5.74) is 2.38. The van der Waals surface area contributed by atoms with E-state index in [0.717, 1.165) is 40.9 Å². The molecular formula is C22H18N4O4S2. The number of aromatic nitrogens is 3. The van der Waals surface area contributed by atoms with Crippen LogP contribution in [0.3, 0.4) is 0 Å². The Hall–Kier alpha value is -3.50. The summed E-state index contributed by atoms with van der Waals surface area (Å²) in [5.74, 6) is 0.592. The molecule has 0 bridgehead atoms. The van der Waals surface area contributed by atoms with E-state index >= 15 is 0 Å². The molecule has 32 heavy (non-hydrogen) atoms. The van der Waals surface area contributed by atoms with Gasteiger partial charge in [0.1, 0.15) is 0 Å². The van der Waals surface area contributed by atoms with Crippen molar-refractivity contribution in [3.05, 3.63) is 88.5 Å². The average Bonchev–Trinajstić information content (AvgIpc) is 3.17. The fourth-order valence-corrected chi connectivity index (χ4v) is 4.74. The fourth-order valence-electron chi connectivity index (χ4n) is 3.17. The maximum atomic E-state index is 11.9. The second kappa shape index (κ2) is 8.56. The first-order valence-corrected chi connectivity index (χ1v) is 12.2. The lowest BCUT2D eigenvalue weighted by Gasteiger charge is -2.11. The first-order valence-electron chi connectivity index (χ1n) is 9.48. The van der Waals surface area contributed by atoms with Crippen LogP contribution in [0.1, 0.15) is 5.56 Å². The van der Waals surface area contributed by atoms with E-state index in [0.29, 0.717) is 11.0 Å². The third kappa shape index (κ3) is 4.41. The van der Waals surface area contributed by atoms with Crippen molar-refractivity contribution in [1.29, 1.82) is 0 Å². The number of nitrogens with zero attached hydrogens (tertiary/aromatic N) is 4. The van der Waals surface area contributed by atoms with E-state index in [-0.39, 0.29) is 15.5 Å². The van der Waals surface area contributed by atoms with Gasteiger partial charge in [-0.25, -0.2) is 8.42 Å². The van der Waals surface area contributed by atoms with E-state index in [2.05, 4.69) is 10.2 Å². The number of nitro groups is 1. The standard InChI is InChI=1S/C22H18N4O4S2/c1-15-7-6-10-17(13-15)25-21(16-8-4-3-5-9-16)23-24-22(25)31-20-12-11-18(32(2,29)30)14-19(20)26(27)28/h3-14H,1-2H3. The zero-order valence-electron chi connectivity index (χ0n) is 17.2. The van der Waals surface area contributed by atoms with E-state index < -0.39 is 14.8 Å². The van der Waals surface area contributed by atoms with Crippen LogP contribution in [-0.4, -0.2) is 34.4 Å². The lowest BCUT2D eigenvalue weighted by molar-refractivity contribution is -0.388. The van der Waals surface area contributed by atoms with Gasteiger partial charge < -0.3 is 0 Å². The number of hydrogen-bond donors (Lipinski definition) is 0. The fraction of sp³-hybridized carbons (Fsp3) is 0.0909. The molecule has 0 aliphatic heterocycles. The molecule has 0 aliphatic carbocycles. The van der Waals surface area contributed by atoms with Crippen molar-refractivity contribution in [3.63, 3.8) is 0 Å². The van der Waals surface area contributed by atoms with Crippen LogP contribution in [0, 0.1) is 17.0 Å². The van der Waals surface area contributed by atoms with Gasteiger partial charge in [-0.05, 0) is 48.5 Å². The van der Waals surface area contributed by atoms with Crippen LogP contribution < -0.4 is 0 Å². The van der Waals surface area contributed by atoms with E-state index in [1.165, 1.54) is 12.1 Å². The SMILES string of the molecule is Cc1cccc(-n2c(Sc3ccc(S(C)(=O)=O)cc3[N+](=O)[O-])nnc2-c2ccccc2)c1. The van der Waals surface area contributed by atoms with Gasteiger partial charge in [0.05, 0.1) is 20.4 Å². The molecular weight excluding hydrogens is 448 g/mol. The van der Waals surface area contributed by atoms with Gasteiger partial charge in [-0.15, -0.1) is 10.2 Å². The molecule has 0 radical (unpaired) electrons. The van der Waals surface area contributed by atoms with Gasteiger partial charge in [-0.2, -0.15) is 0 Å². The molecule has 3 aromatic carbocycles. The summed E-state index contributed by atoms with van der Waals surface area (Å²) in [5, 5.41) is 20.7. The largest absolute Gasteiger partial charge is 0.284 e. The maximum Gasteiger partial charge on any atom is 0.284 e. The Labute approximate surface area is 189 Å². The third-order valence-corrected chi connectivity index (χ3v) is 6.80.